The highest BCUT2D eigenvalue weighted by Crippen LogP contribution is 2.09. The third kappa shape index (κ3) is 3.53. The second kappa shape index (κ2) is 4.94. The molecular weight excluding hydrogens is 164 g/mol. The topological polar surface area (TPSA) is 45.1 Å². The third-order valence-corrected chi connectivity index (χ3v) is 1.81. The zero-order chi connectivity index (χ0) is 9.68. The van der Waals surface area contributed by atoms with E-state index in [4.69, 9.17) is 0 Å². The lowest BCUT2D eigenvalue weighted by atomic mass is 10.1. The van der Waals surface area contributed by atoms with Crippen molar-refractivity contribution >= 4 is 0 Å². The van der Waals surface area contributed by atoms with Gasteiger partial charge in [0.15, 0.2) is 0 Å². The van der Waals surface area contributed by atoms with Gasteiger partial charge in [-0.1, -0.05) is 13.8 Å². The number of pyridine rings is 1. The van der Waals surface area contributed by atoms with Crippen molar-refractivity contribution < 1.29 is 5.11 Å². The summed E-state index contributed by atoms with van der Waals surface area (Å²) in [6.45, 7) is 4.69. The summed E-state index contributed by atoms with van der Waals surface area (Å²) in [5, 5.41) is 12.9. The van der Waals surface area contributed by atoms with Gasteiger partial charge in [0, 0.05) is 25.0 Å². The Labute approximate surface area is 78.8 Å². The van der Waals surface area contributed by atoms with E-state index in [1.54, 1.807) is 12.4 Å². The smallest absolute Gasteiger partial charge is 0.0915 e. The van der Waals surface area contributed by atoms with E-state index in [9.17, 15) is 5.11 Å². The van der Waals surface area contributed by atoms with E-state index in [1.165, 1.54) is 0 Å². The molecular formula is C10H16N2O. The fourth-order valence-corrected chi connectivity index (χ4v) is 1.05. The predicted molar refractivity (Wildman–Crippen MR) is 52.3 cm³/mol. The minimum Gasteiger partial charge on any atom is -0.387 e. The molecule has 72 valence electrons. The van der Waals surface area contributed by atoms with Crippen molar-refractivity contribution in [1.29, 1.82) is 0 Å². The molecule has 0 aliphatic rings. The summed E-state index contributed by atoms with van der Waals surface area (Å²) < 4.78 is 0. The van der Waals surface area contributed by atoms with Gasteiger partial charge in [-0.25, -0.2) is 0 Å². The highest BCUT2D eigenvalue weighted by atomic mass is 16.3. The van der Waals surface area contributed by atoms with Gasteiger partial charge in [0.05, 0.1) is 6.10 Å². The summed E-state index contributed by atoms with van der Waals surface area (Å²) in [5.41, 5.74) is 0.906. The molecule has 1 heterocycles. The summed E-state index contributed by atoms with van der Waals surface area (Å²) >= 11 is 0. The maximum Gasteiger partial charge on any atom is 0.0915 e. The van der Waals surface area contributed by atoms with Crippen molar-refractivity contribution in [2.24, 2.45) is 0 Å². The van der Waals surface area contributed by atoms with E-state index in [-0.39, 0.29) is 0 Å². The molecule has 0 amide bonds. The fraction of sp³-hybridized carbons (Fsp3) is 0.500. The minimum atomic E-state index is -0.439. The largest absolute Gasteiger partial charge is 0.387 e. The van der Waals surface area contributed by atoms with Crippen molar-refractivity contribution in [3.63, 3.8) is 0 Å². The molecule has 1 rings (SSSR count). The van der Waals surface area contributed by atoms with Crippen LogP contribution in [0.25, 0.3) is 0 Å². The Kier molecular flexibility index (Phi) is 3.86. The van der Waals surface area contributed by atoms with Gasteiger partial charge in [0.2, 0.25) is 0 Å². The molecule has 1 atom stereocenters. The Morgan fingerprint density at radius 1 is 1.38 bits per heavy atom. The van der Waals surface area contributed by atoms with Gasteiger partial charge in [0.1, 0.15) is 0 Å². The molecule has 0 aliphatic heterocycles. The van der Waals surface area contributed by atoms with Crippen LogP contribution < -0.4 is 5.32 Å². The number of aliphatic hydroxyl groups excluding tert-OH is 1. The van der Waals surface area contributed by atoms with Crippen LogP contribution in [0.1, 0.15) is 25.5 Å². The van der Waals surface area contributed by atoms with Crippen LogP contribution in [0, 0.1) is 0 Å². The normalized spacial score (nSPS) is 13.2. The zero-order valence-electron chi connectivity index (χ0n) is 8.07. The monoisotopic (exact) mass is 180 g/mol. The van der Waals surface area contributed by atoms with Crippen molar-refractivity contribution in [1.82, 2.24) is 10.3 Å². The highest BCUT2D eigenvalue weighted by molar-refractivity contribution is 5.13. The lowest BCUT2D eigenvalue weighted by Crippen LogP contribution is -2.27. The Hall–Kier alpha value is -0.930. The van der Waals surface area contributed by atoms with Crippen LogP contribution in [0.4, 0.5) is 0 Å². The molecule has 0 spiro atoms. The molecule has 3 nitrogen and oxygen atoms in total. The summed E-state index contributed by atoms with van der Waals surface area (Å²) in [4.78, 5) is 3.89. The summed E-state index contributed by atoms with van der Waals surface area (Å²) in [6.07, 6.45) is 2.94. The van der Waals surface area contributed by atoms with Gasteiger partial charge in [-0.05, 0) is 17.7 Å². The first kappa shape index (κ1) is 10.2. The molecule has 1 aromatic rings. The van der Waals surface area contributed by atoms with Crippen LogP contribution in [0.5, 0.6) is 0 Å². The van der Waals surface area contributed by atoms with Crippen molar-refractivity contribution in [3.05, 3.63) is 30.1 Å². The zero-order valence-corrected chi connectivity index (χ0v) is 8.07. The van der Waals surface area contributed by atoms with Gasteiger partial charge in [-0.15, -0.1) is 0 Å². The number of aliphatic hydroxyl groups is 1. The van der Waals surface area contributed by atoms with Crippen LogP contribution in [0.3, 0.4) is 0 Å². The van der Waals surface area contributed by atoms with Crippen LogP contribution in [-0.2, 0) is 0 Å². The first-order valence-corrected chi connectivity index (χ1v) is 4.51. The van der Waals surface area contributed by atoms with E-state index < -0.39 is 6.10 Å². The average Bonchev–Trinajstić information content (AvgIpc) is 2.15. The number of nitrogens with one attached hydrogen (secondary N) is 1. The summed E-state index contributed by atoms with van der Waals surface area (Å²) in [6, 6.07) is 4.05. The second-order valence-electron chi connectivity index (χ2n) is 3.36. The molecule has 0 radical (unpaired) electrons. The van der Waals surface area contributed by atoms with Gasteiger partial charge >= 0.3 is 0 Å². The number of rotatable bonds is 4. The molecule has 0 saturated heterocycles. The molecule has 0 aromatic carbocycles. The van der Waals surface area contributed by atoms with Crippen LogP contribution in [-0.4, -0.2) is 22.7 Å². The van der Waals surface area contributed by atoms with Crippen LogP contribution >= 0.6 is 0 Å². The number of aromatic nitrogens is 1. The first-order valence-electron chi connectivity index (χ1n) is 4.51. The Bertz CT molecular complexity index is 236. The van der Waals surface area contributed by atoms with Crippen LogP contribution in [0.2, 0.25) is 0 Å². The summed E-state index contributed by atoms with van der Waals surface area (Å²) in [7, 11) is 0. The molecule has 1 aromatic heterocycles. The SMILES string of the molecule is CC(C)NCC(O)c1ccncc1. The molecule has 0 saturated carbocycles. The quantitative estimate of drug-likeness (QED) is 0.729. The Morgan fingerprint density at radius 2 is 2.00 bits per heavy atom. The van der Waals surface area contributed by atoms with E-state index in [2.05, 4.69) is 24.1 Å². The number of hydrogen-bond donors (Lipinski definition) is 2. The third-order valence-electron chi connectivity index (χ3n) is 1.81. The lowest BCUT2D eigenvalue weighted by molar-refractivity contribution is 0.171. The van der Waals surface area contributed by atoms with E-state index in [0.717, 1.165) is 5.56 Å². The maximum absolute atomic E-state index is 9.68. The number of hydrogen-bond acceptors (Lipinski definition) is 3. The first-order chi connectivity index (χ1) is 6.20. The van der Waals surface area contributed by atoms with E-state index in [0.29, 0.717) is 12.6 Å². The minimum absolute atomic E-state index is 0.400. The molecule has 13 heavy (non-hydrogen) atoms. The molecule has 2 N–H and O–H groups in total. The van der Waals surface area contributed by atoms with E-state index >= 15 is 0 Å². The second-order valence-corrected chi connectivity index (χ2v) is 3.36. The van der Waals surface area contributed by atoms with Crippen molar-refractivity contribution in [3.8, 4) is 0 Å². The predicted octanol–water partition coefficient (Wildman–Crippen LogP) is 1.11. The maximum atomic E-state index is 9.68. The molecule has 1 unspecified atom stereocenters. The Morgan fingerprint density at radius 3 is 2.54 bits per heavy atom. The fourth-order valence-electron chi connectivity index (χ4n) is 1.05. The molecule has 0 bridgehead atoms. The highest BCUT2D eigenvalue weighted by Gasteiger charge is 2.06. The van der Waals surface area contributed by atoms with Crippen LogP contribution in [0.15, 0.2) is 24.5 Å². The van der Waals surface area contributed by atoms with E-state index in [1.807, 2.05) is 12.1 Å². The lowest BCUT2D eigenvalue weighted by Gasteiger charge is -2.13. The molecule has 3 heteroatoms. The summed E-state index contributed by atoms with van der Waals surface area (Å²) in [5.74, 6) is 0. The molecule has 0 aliphatic carbocycles. The Balaban J connectivity index is 2.44. The standard InChI is InChI=1S/C10H16N2O/c1-8(2)12-7-10(13)9-3-5-11-6-4-9/h3-6,8,10,12-13H,7H2,1-2H3. The molecule has 0 fully saturated rings. The average molecular weight is 180 g/mol. The number of nitrogens with zero attached hydrogens (tertiary/aromatic N) is 1. The van der Waals surface area contributed by atoms with Gasteiger partial charge in [-0.2, -0.15) is 0 Å². The van der Waals surface area contributed by atoms with Crippen molar-refractivity contribution in [2.45, 2.75) is 26.0 Å². The van der Waals surface area contributed by atoms with Gasteiger partial charge < -0.3 is 10.4 Å². The van der Waals surface area contributed by atoms with Gasteiger partial charge in [0.25, 0.3) is 0 Å². The van der Waals surface area contributed by atoms with Gasteiger partial charge in [-0.3, -0.25) is 4.98 Å². The van der Waals surface area contributed by atoms with Crippen molar-refractivity contribution in [2.75, 3.05) is 6.54 Å².